The molecule has 0 saturated heterocycles. The maximum atomic E-state index is 11.4. The fourth-order valence-corrected chi connectivity index (χ4v) is 1.68. The van der Waals surface area contributed by atoms with Crippen LogP contribution in [0.1, 0.15) is 35.6 Å². The molecule has 0 bridgehead atoms. The Hall–Kier alpha value is -2.21. The SMILES string of the molecule is CC[C@@H](N)c1ccc(-n2ccc(C(=O)NC)n2)cn1. The van der Waals surface area contributed by atoms with Gasteiger partial charge in [0.2, 0.25) is 0 Å². The topological polar surface area (TPSA) is 85.8 Å². The highest BCUT2D eigenvalue weighted by Crippen LogP contribution is 2.13. The van der Waals surface area contributed by atoms with E-state index in [1.54, 1.807) is 30.2 Å². The number of aromatic nitrogens is 3. The van der Waals surface area contributed by atoms with Crippen LogP contribution in [0.3, 0.4) is 0 Å². The molecule has 2 rings (SSSR count). The zero-order chi connectivity index (χ0) is 13.8. The van der Waals surface area contributed by atoms with E-state index in [1.807, 2.05) is 19.1 Å². The van der Waals surface area contributed by atoms with Gasteiger partial charge in [0.1, 0.15) is 0 Å². The number of nitrogens with zero attached hydrogens (tertiary/aromatic N) is 3. The van der Waals surface area contributed by atoms with Gasteiger partial charge < -0.3 is 11.1 Å². The average molecular weight is 259 g/mol. The zero-order valence-corrected chi connectivity index (χ0v) is 11.0. The van der Waals surface area contributed by atoms with Crippen molar-refractivity contribution in [3.8, 4) is 5.69 Å². The lowest BCUT2D eigenvalue weighted by Gasteiger charge is -2.08. The molecule has 100 valence electrons. The molecule has 1 amide bonds. The number of hydrogen-bond donors (Lipinski definition) is 2. The second-order valence-electron chi connectivity index (χ2n) is 4.18. The zero-order valence-electron chi connectivity index (χ0n) is 11.0. The van der Waals surface area contributed by atoms with Gasteiger partial charge >= 0.3 is 0 Å². The highest BCUT2D eigenvalue weighted by molar-refractivity contribution is 5.91. The minimum Gasteiger partial charge on any atom is -0.354 e. The summed E-state index contributed by atoms with van der Waals surface area (Å²) in [6.45, 7) is 2.02. The summed E-state index contributed by atoms with van der Waals surface area (Å²) >= 11 is 0. The number of nitrogens with one attached hydrogen (secondary N) is 1. The van der Waals surface area contributed by atoms with E-state index in [4.69, 9.17) is 5.73 Å². The number of nitrogens with two attached hydrogens (primary N) is 1. The number of hydrogen-bond acceptors (Lipinski definition) is 4. The summed E-state index contributed by atoms with van der Waals surface area (Å²) in [5.74, 6) is -0.212. The van der Waals surface area contributed by atoms with Crippen LogP contribution in [0.2, 0.25) is 0 Å². The van der Waals surface area contributed by atoms with Crippen molar-refractivity contribution >= 4 is 5.91 Å². The standard InChI is InChI=1S/C13H17N5O/c1-3-10(14)11-5-4-9(8-16-11)18-7-6-12(17-18)13(19)15-2/h4-8,10H,3,14H2,1-2H3,(H,15,19)/t10-/m1/s1. The summed E-state index contributed by atoms with van der Waals surface area (Å²) in [6, 6.07) is 5.38. The van der Waals surface area contributed by atoms with Crippen LogP contribution in [0.25, 0.3) is 5.69 Å². The predicted molar refractivity (Wildman–Crippen MR) is 72.0 cm³/mol. The summed E-state index contributed by atoms with van der Waals surface area (Å²) < 4.78 is 1.61. The van der Waals surface area contributed by atoms with E-state index >= 15 is 0 Å². The molecule has 2 aromatic heterocycles. The number of pyridine rings is 1. The summed E-state index contributed by atoms with van der Waals surface area (Å²) in [6.07, 6.45) is 4.27. The van der Waals surface area contributed by atoms with Gasteiger partial charge in [-0.25, -0.2) is 4.68 Å². The van der Waals surface area contributed by atoms with Gasteiger partial charge in [-0.15, -0.1) is 0 Å². The Labute approximate surface area is 111 Å². The lowest BCUT2D eigenvalue weighted by atomic mass is 10.1. The van der Waals surface area contributed by atoms with E-state index < -0.39 is 0 Å². The molecule has 0 saturated carbocycles. The van der Waals surface area contributed by atoms with Crippen molar-refractivity contribution in [3.05, 3.63) is 42.0 Å². The van der Waals surface area contributed by atoms with E-state index in [1.165, 1.54) is 0 Å². The van der Waals surface area contributed by atoms with E-state index in [0.717, 1.165) is 17.8 Å². The first-order chi connectivity index (χ1) is 9.15. The molecule has 2 aromatic rings. The molecule has 0 spiro atoms. The van der Waals surface area contributed by atoms with Crippen LogP contribution in [0.15, 0.2) is 30.6 Å². The molecular formula is C13H17N5O. The smallest absolute Gasteiger partial charge is 0.271 e. The monoisotopic (exact) mass is 259 g/mol. The highest BCUT2D eigenvalue weighted by Gasteiger charge is 2.09. The van der Waals surface area contributed by atoms with Crippen LogP contribution in [0, 0.1) is 0 Å². The Morgan fingerprint density at radius 2 is 2.26 bits per heavy atom. The number of amides is 1. The molecule has 0 aromatic carbocycles. The molecule has 0 aliphatic carbocycles. The molecule has 19 heavy (non-hydrogen) atoms. The van der Waals surface area contributed by atoms with Gasteiger partial charge in [-0.3, -0.25) is 9.78 Å². The van der Waals surface area contributed by atoms with E-state index in [9.17, 15) is 4.79 Å². The van der Waals surface area contributed by atoms with Crippen LogP contribution in [-0.4, -0.2) is 27.7 Å². The molecule has 0 unspecified atom stereocenters. The van der Waals surface area contributed by atoms with Crippen LogP contribution in [0.4, 0.5) is 0 Å². The van der Waals surface area contributed by atoms with Crippen LogP contribution in [0.5, 0.6) is 0 Å². The van der Waals surface area contributed by atoms with Crippen molar-refractivity contribution in [2.45, 2.75) is 19.4 Å². The third-order valence-corrected chi connectivity index (χ3v) is 2.90. The average Bonchev–Trinajstić information content (AvgIpc) is 2.95. The summed E-state index contributed by atoms with van der Waals surface area (Å²) in [4.78, 5) is 15.7. The minimum absolute atomic E-state index is 0.0481. The molecule has 1 atom stereocenters. The van der Waals surface area contributed by atoms with Gasteiger partial charge in [-0.05, 0) is 24.6 Å². The lowest BCUT2D eigenvalue weighted by Crippen LogP contribution is -2.18. The Bertz CT molecular complexity index is 561. The van der Waals surface area contributed by atoms with Gasteiger partial charge in [0.05, 0.1) is 17.6 Å². The third-order valence-electron chi connectivity index (χ3n) is 2.90. The molecule has 0 aliphatic heterocycles. The van der Waals surface area contributed by atoms with Crippen molar-refractivity contribution in [2.24, 2.45) is 5.73 Å². The van der Waals surface area contributed by atoms with Crippen LogP contribution in [-0.2, 0) is 0 Å². The number of rotatable bonds is 4. The highest BCUT2D eigenvalue weighted by atomic mass is 16.1. The summed E-state index contributed by atoms with van der Waals surface area (Å²) in [5.41, 5.74) is 7.92. The van der Waals surface area contributed by atoms with E-state index in [-0.39, 0.29) is 11.9 Å². The second-order valence-corrected chi connectivity index (χ2v) is 4.18. The Balaban J connectivity index is 2.22. The number of carbonyl (C=O) groups is 1. The van der Waals surface area contributed by atoms with Gasteiger partial charge in [-0.1, -0.05) is 6.92 Å². The molecule has 2 heterocycles. The van der Waals surface area contributed by atoms with Gasteiger partial charge in [0.15, 0.2) is 5.69 Å². The van der Waals surface area contributed by atoms with Crippen molar-refractivity contribution in [1.29, 1.82) is 0 Å². The fourth-order valence-electron chi connectivity index (χ4n) is 1.68. The Morgan fingerprint density at radius 3 is 2.84 bits per heavy atom. The van der Waals surface area contributed by atoms with Crippen molar-refractivity contribution in [3.63, 3.8) is 0 Å². The second kappa shape index (κ2) is 5.62. The fraction of sp³-hybridized carbons (Fsp3) is 0.308. The third kappa shape index (κ3) is 2.79. The Kier molecular flexibility index (Phi) is 3.91. The largest absolute Gasteiger partial charge is 0.354 e. The minimum atomic E-state index is -0.212. The molecular weight excluding hydrogens is 242 g/mol. The first kappa shape index (κ1) is 13.2. The summed E-state index contributed by atoms with van der Waals surface area (Å²) in [5, 5.41) is 6.71. The molecule has 6 heteroatoms. The molecule has 3 N–H and O–H groups in total. The normalized spacial score (nSPS) is 12.2. The predicted octanol–water partition coefficient (Wildman–Crippen LogP) is 1.04. The van der Waals surface area contributed by atoms with Crippen LogP contribution >= 0.6 is 0 Å². The molecule has 0 fully saturated rings. The van der Waals surface area contributed by atoms with E-state index in [0.29, 0.717) is 5.69 Å². The molecule has 0 radical (unpaired) electrons. The lowest BCUT2D eigenvalue weighted by molar-refractivity contribution is 0.0957. The molecule has 6 nitrogen and oxygen atoms in total. The van der Waals surface area contributed by atoms with Gasteiger partial charge in [-0.2, -0.15) is 5.10 Å². The maximum absolute atomic E-state index is 11.4. The van der Waals surface area contributed by atoms with Gasteiger partial charge in [0.25, 0.3) is 5.91 Å². The number of carbonyl (C=O) groups excluding carboxylic acids is 1. The first-order valence-electron chi connectivity index (χ1n) is 6.15. The first-order valence-corrected chi connectivity index (χ1v) is 6.15. The Morgan fingerprint density at radius 1 is 1.47 bits per heavy atom. The van der Waals surface area contributed by atoms with Crippen molar-refractivity contribution in [1.82, 2.24) is 20.1 Å². The maximum Gasteiger partial charge on any atom is 0.271 e. The summed E-state index contributed by atoms with van der Waals surface area (Å²) in [7, 11) is 1.57. The van der Waals surface area contributed by atoms with E-state index in [2.05, 4.69) is 15.4 Å². The van der Waals surface area contributed by atoms with Gasteiger partial charge in [0, 0.05) is 19.3 Å². The van der Waals surface area contributed by atoms with Crippen molar-refractivity contribution < 1.29 is 4.79 Å². The van der Waals surface area contributed by atoms with Crippen molar-refractivity contribution in [2.75, 3.05) is 7.05 Å². The molecule has 0 aliphatic rings. The quantitative estimate of drug-likeness (QED) is 0.859. The van der Waals surface area contributed by atoms with Crippen LogP contribution < -0.4 is 11.1 Å².